The van der Waals surface area contributed by atoms with E-state index < -0.39 is 0 Å². The van der Waals surface area contributed by atoms with Crippen LogP contribution in [0.3, 0.4) is 0 Å². The van der Waals surface area contributed by atoms with Crippen molar-refractivity contribution >= 4 is 35.2 Å². The van der Waals surface area contributed by atoms with Gasteiger partial charge in [-0.15, -0.1) is 0 Å². The molecule has 1 atom stereocenters. The monoisotopic (exact) mass is 326 g/mol. The van der Waals surface area contributed by atoms with E-state index in [1.54, 1.807) is 0 Å². The summed E-state index contributed by atoms with van der Waals surface area (Å²) in [7, 11) is 0. The van der Waals surface area contributed by atoms with Gasteiger partial charge in [-0.2, -0.15) is 11.8 Å². The third-order valence-electron chi connectivity index (χ3n) is 3.43. The van der Waals surface area contributed by atoms with Gasteiger partial charge in [-0.05, 0) is 18.1 Å². The molecule has 1 aromatic rings. The molecule has 0 bridgehead atoms. The number of hydrogen-bond acceptors (Lipinski definition) is 3. The molecule has 0 aromatic heterocycles. The molecule has 0 radical (unpaired) electrons. The molecule has 1 fully saturated rings. The average molecular weight is 327 g/mol. The number of thioether (sulfide) groups is 1. The van der Waals surface area contributed by atoms with Crippen LogP contribution in [0.25, 0.3) is 0 Å². The lowest BCUT2D eigenvalue weighted by atomic mass is 10.1. The fourth-order valence-electron chi connectivity index (χ4n) is 2.32. The first-order valence-electron chi connectivity index (χ1n) is 6.96. The van der Waals surface area contributed by atoms with Crippen molar-refractivity contribution in [1.82, 2.24) is 10.2 Å². The highest BCUT2D eigenvalue weighted by Gasteiger charge is 2.23. The molecular formula is C15H19ClN2O2S. The number of nitrogens with zero attached hydrogens (tertiary/aromatic N) is 1. The van der Waals surface area contributed by atoms with Crippen LogP contribution in [0, 0.1) is 0 Å². The van der Waals surface area contributed by atoms with Crippen molar-refractivity contribution in [2.24, 2.45) is 0 Å². The van der Waals surface area contributed by atoms with Gasteiger partial charge in [-0.1, -0.05) is 29.8 Å². The van der Waals surface area contributed by atoms with Crippen molar-refractivity contribution in [3.8, 4) is 0 Å². The molecule has 0 aliphatic carbocycles. The topological polar surface area (TPSA) is 49.4 Å². The summed E-state index contributed by atoms with van der Waals surface area (Å²) in [5.41, 5.74) is 1.14. The Balaban J connectivity index is 1.94. The number of nitrogens with one attached hydrogen (secondary N) is 1. The summed E-state index contributed by atoms with van der Waals surface area (Å²) in [6, 6.07) is 7.87. The highest BCUT2D eigenvalue weighted by atomic mass is 35.5. The predicted molar refractivity (Wildman–Crippen MR) is 86.5 cm³/mol. The molecule has 1 unspecified atom stereocenters. The lowest BCUT2D eigenvalue weighted by Gasteiger charge is -2.20. The molecule has 1 heterocycles. The second kappa shape index (κ2) is 7.71. The summed E-state index contributed by atoms with van der Waals surface area (Å²) in [4.78, 5) is 24.7. The van der Waals surface area contributed by atoms with Crippen LogP contribution in [0.2, 0.25) is 5.02 Å². The molecule has 6 heteroatoms. The standard InChI is InChI=1S/C15H19ClN2O2S/c1-11(19)17-10-15(20)18-7-6-14(21-9-8-18)12-4-2-3-5-13(12)16/h2-5,14H,6-10H2,1H3,(H,17,19). The fourth-order valence-corrected chi connectivity index (χ4v) is 3.92. The lowest BCUT2D eigenvalue weighted by molar-refractivity contribution is -0.132. The summed E-state index contributed by atoms with van der Waals surface area (Å²) in [5, 5.41) is 3.66. The first-order chi connectivity index (χ1) is 10.1. The average Bonchev–Trinajstić information content (AvgIpc) is 2.71. The van der Waals surface area contributed by atoms with Crippen LogP contribution in [0.15, 0.2) is 24.3 Å². The second-order valence-electron chi connectivity index (χ2n) is 4.96. The molecule has 114 valence electrons. The van der Waals surface area contributed by atoms with Crippen molar-refractivity contribution in [3.05, 3.63) is 34.9 Å². The number of halogens is 1. The van der Waals surface area contributed by atoms with Crippen LogP contribution in [-0.4, -0.2) is 42.1 Å². The van der Waals surface area contributed by atoms with E-state index >= 15 is 0 Å². The van der Waals surface area contributed by atoms with Gasteiger partial charge >= 0.3 is 0 Å². The van der Waals surface area contributed by atoms with Crippen molar-refractivity contribution in [3.63, 3.8) is 0 Å². The van der Waals surface area contributed by atoms with Crippen LogP contribution in [0.5, 0.6) is 0 Å². The molecule has 1 N–H and O–H groups in total. The van der Waals surface area contributed by atoms with Crippen molar-refractivity contribution < 1.29 is 9.59 Å². The predicted octanol–water partition coefficient (Wildman–Crippen LogP) is 2.48. The van der Waals surface area contributed by atoms with Gasteiger partial charge in [0.2, 0.25) is 11.8 Å². The molecule has 0 saturated carbocycles. The van der Waals surface area contributed by atoms with Gasteiger partial charge in [0.25, 0.3) is 0 Å². The molecule has 0 spiro atoms. The smallest absolute Gasteiger partial charge is 0.241 e. The van der Waals surface area contributed by atoms with Crippen LogP contribution in [0.1, 0.15) is 24.2 Å². The Kier molecular flexibility index (Phi) is 5.94. The van der Waals surface area contributed by atoms with Gasteiger partial charge in [0.15, 0.2) is 0 Å². The number of amides is 2. The van der Waals surface area contributed by atoms with Crippen molar-refractivity contribution in [2.45, 2.75) is 18.6 Å². The van der Waals surface area contributed by atoms with Gasteiger partial charge in [-0.3, -0.25) is 9.59 Å². The Bertz CT molecular complexity index is 524. The molecule has 2 amide bonds. The number of benzene rings is 1. The van der Waals surface area contributed by atoms with E-state index in [9.17, 15) is 9.59 Å². The minimum atomic E-state index is -0.179. The summed E-state index contributed by atoms with van der Waals surface area (Å²) in [6.45, 7) is 2.90. The first kappa shape index (κ1) is 16.2. The summed E-state index contributed by atoms with van der Waals surface area (Å²) in [6.07, 6.45) is 0.875. The minimum Gasteiger partial charge on any atom is -0.347 e. The minimum absolute atomic E-state index is 0.0226. The largest absolute Gasteiger partial charge is 0.347 e. The normalized spacial score (nSPS) is 19.0. The van der Waals surface area contributed by atoms with E-state index in [4.69, 9.17) is 11.6 Å². The van der Waals surface area contributed by atoms with Gasteiger partial charge in [0.05, 0.1) is 6.54 Å². The molecular weight excluding hydrogens is 308 g/mol. The zero-order valence-corrected chi connectivity index (χ0v) is 13.5. The highest BCUT2D eigenvalue weighted by molar-refractivity contribution is 7.99. The Morgan fingerprint density at radius 1 is 1.38 bits per heavy atom. The van der Waals surface area contributed by atoms with Gasteiger partial charge in [0, 0.05) is 36.0 Å². The third kappa shape index (κ3) is 4.64. The summed E-state index contributed by atoms with van der Waals surface area (Å²) >= 11 is 8.08. The summed E-state index contributed by atoms with van der Waals surface area (Å²) < 4.78 is 0. The Morgan fingerprint density at radius 3 is 2.86 bits per heavy atom. The molecule has 1 saturated heterocycles. The van der Waals surface area contributed by atoms with Gasteiger partial charge in [-0.25, -0.2) is 0 Å². The molecule has 1 aromatic carbocycles. The fraction of sp³-hybridized carbons (Fsp3) is 0.467. The first-order valence-corrected chi connectivity index (χ1v) is 8.39. The number of carbonyl (C=O) groups is 2. The van der Waals surface area contributed by atoms with E-state index in [1.165, 1.54) is 6.92 Å². The zero-order chi connectivity index (χ0) is 15.2. The van der Waals surface area contributed by atoms with Crippen molar-refractivity contribution in [1.29, 1.82) is 0 Å². The number of hydrogen-bond donors (Lipinski definition) is 1. The van der Waals surface area contributed by atoms with Crippen LogP contribution in [-0.2, 0) is 9.59 Å². The third-order valence-corrected chi connectivity index (χ3v) is 5.09. The van der Waals surface area contributed by atoms with E-state index in [2.05, 4.69) is 11.4 Å². The van der Waals surface area contributed by atoms with E-state index in [-0.39, 0.29) is 18.4 Å². The molecule has 2 rings (SSSR count). The Labute approximate surface area is 134 Å². The van der Waals surface area contributed by atoms with Crippen LogP contribution < -0.4 is 5.32 Å². The molecule has 1 aliphatic rings. The second-order valence-corrected chi connectivity index (χ2v) is 6.68. The molecule has 1 aliphatic heterocycles. The quantitative estimate of drug-likeness (QED) is 0.928. The van der Waals surface area contributed by atoms with Crippen LogP contribution in [0.4, 0.5) is 0 Å². The van der Waals surface area contributed by atoms with Crippen LogP contribution >= 0.6 is 23.4 Å². The van der Waals surface area contributed by atoms with Gasteiger partial charge in [0.1, 0.15) is 0 Å². The molecule has 4 nitrogen and oxygen atoms in total. The number of carbonyl (C=O) groups excluding carboxylic acids is 2. The maximum Gasteiger partial charge on any atom is 0.241 e. The highest BCUT2D eigenvalue weighted by Crippen LogP contribution is 2.37. The van der Waals surface area contributed by atoms with E-state index in [1.807, 2.05) is 34.9 Å². The lowest BCUT2D eigenvalue weighted by Crippen LogP contribution is -2.40. The van der Waals surface area contributed by atoms with E-state index in [0.29, 0.717) is 18.3 Å². The molecule has 21 heavy (non-hydrogen) atoms. The van der Waals surface area contributed by atoms with E-state index in [0.717, 1.165) is 22.8 Å². The maximum absolute atomic E-state index is 12.0. The Hall–Kier alpha value is -1.20. The number of rotatable bonds is 3. The van der Waals surface area contributed by atoms with Crippen molar-refractivity contribution in [2.75, 3.05) is 25.4 Å². The maximum atomic E-state index is 12.0. The zero-order valence-electron chi connectivity index (χ0n) is 12.0. The van der Waals surface area contributed by atoms with Gasteiger partial charge < -0.3 is 10.2 Å². The SMILES string of the molecule is CC(=O)NCC(=O)N1CCSC(c2ccccc2Cl)CC1. The Morgan fingerprint density at radius 2 is 2.14 bits per heavy atom. The summed E-state index contributed by atoms with van der Waals surface area (Å²) in [5.74, 6) is 0.675.